The maximum absolute atomic E-state index is 12.5. The summed E-state index contributed by atoms with van der Waals surface area (Å²) in [6.45, 7) is 0. The van der Waals surface area contributed by atoms with Gasteiger partial charge in [0, 0.05) is 11.1 Å². The number of fused-ring (bicyclic) bond motifs is 5. The van der Waals surface area contributed by atoms with Gasteiger partial charge in [-0.1, -0.05) is 97.1 Å². The molecule has 0 amide bonds. The van der Waals surface area contributed by atoms with Crippen molar-refractivity contribution in [3.8, 4) is 28.0 Å². The molecular formula is C30H22O2. The zero-order chi connectivity index (χ0) is 21.7. The Balaban J connectivity index is 1.76. The summed E-state index contributed by atoms with van der Waals surface area (Å²) in [5.41, 5.74) is 5.82. The average molecular weight is 415 g/mol. The van der Waals surface area contributed by atoms with Gasteiger partial charge in [-0.2, -0.15) is 0 Å². The Hall–Kier alpha value is -3.88. The summed E-state index contributed by atoms with van der Waals surface area (Å²) in [5, 5.41) is 14.7. The second-order valence-electron chi connectivity index (χ2n) is 8.25. The first-order chi connectivity index (χ1) is 15.7. The Kier molecular flexibility index (Phi) is 4.17. The fraction of sp³-hybridized carbons (Fsp3) is 0.0667. The van der Waals surface area contributed by atoms with Crippen LogP contribution in [0.4, 0.5) is 0 Å². The van der Waals surface area contributed by atoms with E-state index in [1.165, 1.54) is 0 Å². The Labute approximate surface area is 187 Å². The van der Waals surface area contributed by atoms with E-state index in [-0.39, 0.29) is 0 Å². The maximum atomic E-state index is 12.5. The highest BCUT2D eigenvalue weighted by molar-refractivity contribution is 6.05. The van der Waals surface area contributed by atoms with Crippen molar-refractivity contribution in [2.45, 2.75) is 5.60 Å². The van der Waals surface area contributed by atoms with Crippen LogP contribution < -0.4 is 4.74 Å². The van der Waals surface area contributed by atoms with E-state index in [0.717, 1.165) is 55.5 Å². The normalized spacial score (nSPS) is 16.6. The third-order valence-electron chi connectivity index (χ3n) is 6.59. The summed E-state index contributed by atoms with van der Waals surface area (Å²) in [4.78, 5) is 0. The molecule has 0 spiro atoms. The summed E-state index contributed by atoms with van der Waals surface area (Å²) in [6.07, 6.45) is 0. The van der Waals surface area contributed by atoms with E-state index < -0.39 is 5.60 Å². The third-order valence-corrected chi connectivity index (χ3v) is 6.59. The molecule has 0 bridgehead atoms. The SMILES string of the molecule is COc1cccc(-c2cccc3ccc4c(c23)C(O)(c2ccccc2)c2ccccc2-4)c1. The Morgan fingerprint density at radius 2 is 1.41 bits per heavy atom. The first-order valence-electron chi connectivity index (χ1n) is 10.8. The summed E-state index contributed by atoms with van der Waals surface area (Å²) in [7, 11) is 1.69. The van der Waals surface area contributed by atoms with Gasteiger partial charge in [-0.25, -0.2) is 0 Å². The molecule has 0 radical (unpaired) electrons. The van der Waals surface area contributed by atoms with E-state index in [4.69, 9.17) is 4.74 Å². The zero-order valence-corrected chi connectivity index (χ0v) is 17.7. The number of hydrogen-bond acceptors (Lipinski definition) is 2. The van der Waals surface area contributed by atoms with Crippen LogP contribution in [0.5, 0.6) is 5.75 Å². The minimum absolute atomic E-state index is 0.814. The Morgan fingerprint density at radius 1 is 0.656 bits per heavy atom. The largest absolute Gasteiger partial charge is 0.497 e. The lowest BCUT2D eigenvalue weighted by Gasteiger charge is -2.28. The van der Waals surface area contributed by atoms with E-state index in [1.54, 1.807) is 7.11 Å². The average Bonchev–Trinajstić information content (AvgIpc) is 3.14. The molecule has 1 atom stereocenters. The van der Waals surface area contributed by atoms with Crippen molar-refractivity contribution in [3.05, 3.63) is 126 Å². The summed E-state index contributed by atoms with van der Waals surface area (Å²) >= 11 is 0. The second kappa shape index (κ2) is 7.08. The number of hydrogen-bond donors (Lipinski definition) is 1. The molecule has 1 N–H and O–H groups in total. The molecule has 1 aliphatic carbocycles. The molecule has 2 nitrogen and oxygen atoms in total. The number of aliphatic hydroxyl groups is 1. The molecule has 32 heavy (non-hydrogen) atoms. The molecule has 0 fully saturated rings. The fourth-order valence-electron chi connectivity index (χ4n) is 5.16. The molecule has 0 aliphatic heterocycles. The van der Waals surface area contributed by atoms with Gasteiger partial charge in [0.25, 0.3) is 0 Å². The van der Waals surface area contributed by atoms with E-state index in [1.807, 2.05) is 60.7 Å². The summed E-state index contributed by atoms with van der Waals surface area (Å²) in [5.74, 6) is 0.814. The van der Waals surface area contributed by atoms with Crippen LogP contribution in [0, 0.1) is 0 Å². The van der Waals surface area contributed by atoms with Gasteiger partial charge in [-0.15, -0.1) is 0 Å². The van der Waals surface area contributed by atoms with Crippen LogP contribution in [-0.4, -0.2) is 12.2 Å². The van der Waals surface area contributed by atoms with Gasteiger partial charge < -0.3 is 9.84 Å². The minimum atomic E-state index is -1.23. The van der Waals surface area contributed by atoms with Gasteiger partial charge in [0.1, 0.15) is 11.4 Å². The second-order valence-corrected chi connectivity index (χ2v) is 8.25. The molecule has 0 saturated heterocycles. The van der Waals surface area contributed by atoms with Gasteiger partial charge in [-0.3, -0.25) is 0 Å². The van der Waals surface area contributed by atoms with Crippen LogP contribution in [0.1, 0.15) is 16.7 Å². The minimum Gasteiger partial charge on any atom is -0.497 e. The van der Waals surface area contributed by atoms with Gasteiger partial charge in [0.2, 0.25) is 0 Å². The van der Waals surface area contributed by atoms with Gasteiger partial charge in [-0.05, 0) is 50.7 Å². The van der Waals surface area contributed by atoms with Crippen molar-refractivity contribution in [2.75, 3.05) is 7.11 Å². The Morgan fingerprint density at radius 3 is 2.25 bits per heavy atom. The standard InChI is InChI=1S/C30H22O2/c1-32-23-13-7-10-21(19-23)24-15-8-9-20-17-18-26-25-14-5-6-16-27(25)30(31,29(26)28(20)24)22-11-3-2-4-12-22/h2-19,31H,1H3. The van der Waals surface area contributed by atoms with Crippen molar-refractivity contribution >= 4 is 10.8 Å². The summed E-state index contributed by atoms with van der Waals surface area (Å²) in [6, 6.07) is 36.9. The molecule has 154 valence electrons. The smallest absolute Gasteiger partial charge is 0.142 e. The number of benzene rings is 5. The van der Waals surface area contributed by atoms with Crippen LogP contribution in [0.25, 0.3) is 33.0 Å². The predicted molar refractivity (Wildman–Crippen MR) is 130 cm³/mol. The molecule has 1 unspecified atom stereocenters. The first-order valence-corrected chi connectivity index (χ1v) is 10.8. The molecule has 6 rings (SSSR count). The lowest BCUT2D eigenvalue weighted by atomic mass is 9.80. The van der Waals surface area contributed by atoms with Gasteiger partial charge in [0.15, 0.2) is 0 Å². The van der Waals surface area contributed by atoms with Crippen LogP contribution >= 0.6 is 0 Å². The highest BCUT2D eigenvalue weighted by atomic mass is 16.5. The number of ether oxygens (including phenoxy) is 1. The number of rotatable bonds is 3. The molecule has 5 aromatic carbocycles. The fourth-order valence-corrected chi connectivity index (χ4v) is 5.16. The molecule has 5 aromatic rings. The lowest BCUT2D eigenvalue weighted by molar-refractivity contribution is 0.132. The zero-order valence-electron chi connectivity index (χ0n) is 17.7. The molecule has 0 aromatic heterocycles. The topological polar surface area (TPSA) is 29.5 Å². The quantitative estimate of drug-likeness (QED) is 0.353. The van der Waals surface area contributed by atoms with Crippen molar-refractivity contribution in [2.24, 2.45) is 0 Å². The third kappa shape index (κ3) is 2.57. The highest BCUT2D eigenvalue weighted by Gasteiger charge is 2.44. The van der Waals surface area contributed by atoms with E-state index in [0.29, 0.717) is 0 Å². The number of methoxy groups -OCH3 is 1. The molecule has 2 heteroatoms. The van der Waals surface area contributed by atoms with Crippen molar-refractivity contribution in [1.82, 2.24) is 0 Å². The lowest BCUT2D eigenvalue weighted by Crippen LogP contribution is -2.26. The van der Waals surface area contributed by atoms with Crippen molar-refractivity contribution in [1.29, 1.82) is 0 Å². The monoisotopic (exact) mass is 414 g/mol. The predicted octanol–water partition coefficient (Wildman–Crippen LogP) is 6.78. The Bertz CT molecular complexity index is 1470. The van der Waals surface area contributed by atoms with Crippen LogP contribution in [0.15, 0.2) is 109 Å². The van der Waals surface area contributed by atoms with Crippen LogP contribution in [0.3, 0.4) is 0 Å². The first kappa shape index (κ1) is 18.9. The summed E-state index contributed by atoms with van der Waals surface area (Å²) < 4.78 is 5.49. The van der Waals surface area contributed by atoms with E-state index >= 15 is 0 Å². The molecular weight excluding hydrogens is 392 g/mol. The highest BCUT2D eigenvalue weighted by Crippen LogP contribution is 2.54. The van der Waals surface area contributed by atoms with Gasteiger partial charge >= 0.3 is 0 Å². The van der Waals surface area contributed by atoms with E-state index in [2.05, 4.69) is 48.5 Å². The van der Waals surface area contributed by atoms with Gasteiger partial charge in [0.05, 0.1) is 7.11 Å². The van der Waals surface area contributed by atoms with E-state index in [9.17, 15) is 5.11 Å². The molecule has 0 saturated carbocycles. The van der Waals surface area contributed by atoms with Crippen LogP contribution in [0.2, 0.25) is 0 Å². The van der Waals surface area contributed by atoms with Crippen LogP contribution in [-0.2, 0) is 5.60 Å². The van der Waals surface area contributed by atoms with Crippen molar-refractivity contribution < 1.29 is 9.84 Å². The maximum Gasteiger partial charge on any atom is 0.142 e. The molecule has 1 aliphatic rings. The van der Waals surface area contributed by atoms with Crippen molar-refractivity contribution in [3.63, 3.8) is 0 Å². The molecule has 0 heterocycles.